The van der Waals surface area contributed by atoms with Gasteiger partial charge in [0.15, 0.2) is 6.17 Å². The van der Waals surface area contributed by atoms with Crippen LogP contribution in [0.5, 0.6) is 0 Å². The SMILES string of the molecule is C1=CC2=[N+]3C1=NC1=CCC4N=C5C=CC6=[N+]5[C@@]3(N14)n1c(ccc1=N6)=N2. The summed E-state index contributed by atoms with van der Waals surface area (Å²) in [6.07, 6.45) is 11.3. The predicted molar refractivity (Wildman–Crippen MR) is 86.7 cm³/mol. The first-order chi connectivity index (χ1) is 12.4. The third kappa shape index (κ3) is 0.905. The Morgan fingerprint density at radius 2 is 1.64 bits per heavy atom. The van der Waals surface area contributed by atoms with Gasteiger partial charge in [-0.2, -0.15) is 4.57 Å². The third-order valence-corrected chi connectivity index (χ3v) is 5.77. The first kappa shape index (κ1) is 11.2. The second-order valence-electron chi connectivity index (χ2n) is 6.87. The van der Waals surface area contributed by atoms with Crippen LogP contribution in [0.25, 0.3) is 0 Å². The van der Waals surface area contributed by atoms with E-state index in [1.165, 1.54) is 0 Å². The molecular weight excluding hydrogens is 316 g/mol. The molecule has 1 aromatic rings. The van der Waals surface area contributed by atoms with Gasteiger partial charge in [0.25, 0.3) is 23.3 Å². The number of aliphatic imine (C=N–C) groups is 2. The second-order valence-corrected chi connectivity index (χ2v) is 6.87. The zero-order chi connectivity index (χ0) is 15.9. The molecule has 0 N–H and O–H groups in total. The van der Waals surface area contributed by atoms with Crippen molar-refractivity contribution in [2.24, 2.45) is 20.0 Å². The molecule has 0 amide bonds. The number of rotatable bonds is 0. The summed E-state index contributed by atoms with van der Waals surface area (Å²) in [5, 5.41) is 0. The average Bonchev–Trinajstić information content (AvgIpc) is 3.38. The molecule has 25 heavy (non-hydrogen) atoms. The molecule has 7 aliphatic heterocycles. The molecule has 7 aliphatic rings. The smallest absolute Gasteiger partial charge is 0.219 e. The summed E-state index contributed by atoms with van der Waals surface area (Å²) in [5.74, 6) is 4.06. The van der Waals surface area contributed by atoms with Crippen molar-refractivity contribution in [3.05, 3.63) is 59.3 Å². The van der Waals surface area contributed by atoms with Crippen LogP contribution >= 0.6 is 0 Å². The quantitative estimate of drug-likeness (QED) is 0.563. The van der Waals surface area contributed by atoms with Crippen LogP contribution in [0.15, 0.2) is 68.3 Å². The van der Waals surface area contributed by atoms with E-state index in [1.54, 1.807) is 0 Å². The summed E-state index contributed by atoms with van der Waals surface area (Å²) in [4.78, 5) is 21.8. The standard InChI is InChI=1S/C17H10N8/c1-2-10-19-12-5-6-14-21-16-8-7-15-20-13-4-3-11-18-9(1)22(10)17(23(11)13,24(12)14)25(15)16/h1-7,16H,8H2/q+2/t16?,17-/m1/s1. The Morgan fingerprint density at radius 3 is 2.44 bits per heavy atom. The predicted octanol–water partition coefficient (Wildman–Crippen LogP) is -1.02. The van der Waals surface area contributed by atoms with Crippen LogP contribution in [0.4, 0.5) is 0 Å². The van der Waals surface area contributed by atoms with Crippen LogP contribution in [0.1, 0.15) is 6.42 Å². The van der Waals surface area contributed by atoms with Crippen molar-refractivity contribution in [2.75, 3.05) is 0 Å². The number of amidine groups is 4. The number of hydrogen-bond donors (Lipinski definition) is 0. The molecule has 0 saturated carbocycles. The average molecular weight is 326 g/mol. The Kier molecular flexibility index (Phi) is 1.38. The summed E-state index contributed by atoms with van der Waals surface area (Å²) in [6.45, 7) is 0. The van der Waals surface area contributed by atoms with Gasteiger partial charge in [-0.25, -0.2) is 4.90 Å². The van der Waals surface area contributed by atoms with E-state index in [0.29, 0.717) is 0 Å². The van der Waals surface area contributed by atoms with Crippen molar-refractivity contribution in [2.45, 2.75) is 18.5 Å². The first-order valence-corrected chi connectivity index (χ1v) is 8.38. The van der Waals surface area contributed by atoms with Gasteiger partial charge in [-0.05, 0) is 6.08 Å². The van der Waals surface area contributed by atoms with Gasteiger partial charge in [0.05, 0.1) is 0 Å². The van der Waals surface area contributed by atoms with Crippen LogP contribution in [-0.2, 0) is 5.91 Å². The van der Waals surface area contributed by atoms with Gasteiger partial charge in [-0.3, -0.25) is 0 Å². The fourth-order valence-corrected chi connectivity index (χ4v) is 4.96. The van der Waals surface area contributed by atoms with E-state index in [9.17, 15) is 0 Å². The molecule has 0 aliphatic carbocycles. The second kappa shape index (κ2) is 3.08. The molecule has 0 aromatic carbocycles. The van der Waals surface area contributed by atoms with Gasteiger partial charge in [0, 0.05) is 42.9 Å². The maximum Gasteiger partial charge on any atom is 0.400 e. The lowest BCUT2D eigenvalue weighted by atomic mass is 10.2. The fraction of sp³-hybridized carbons (Fsp3) is 0.176. The molecule has 0 saturated heterocycles. The van der Waals surface area contributed by atoms with Crippen LogP contribution in [0, 0.1) is 0 Å². The van der Waals surface area contributed by atoms with E-state index < -0.39 is 5.91 Å². The third-order valence-electron chi connectivity index (χ3n) is 5.77. The van der Waals surface area contributed by atoms with Crippen LogP contribution in [0.2, 0.25) is 0 Å². The molecule has 0 radical (unpaired) electrons. The minimum absolute atomic E-state index is 0.0386. The molecule has 8 nitrogen and oxygen atoms in total. The van der Waals surface area contributed by atoms with E-state index in [1.807, 2.05) is 24.3 Å². The lowest BCUT2D eigenvalue weighted by Crippen LogP contribution is -2.76. The van der Waals surface area contributed by atoms with Gasteiger partial charge >= 0.3 is 5.91 Å². The van der Waals surface area contributed by atoms with Crippen molar-refractivity contribution in [1.82, 2.24) is 9.47 Å². The zero-order valence-corrected chi connectivity index (χ0v) is 12.9. The molecule has 0 bridgehead atoms. The lowest BCUT2D eigenvalue weighted by molar-refractivity contribution is -0.818. The molecule has 1 aromatic heterocycles. The Balaban J connectivity index is 1.71. The zero-order valence-electron chi connectivity index (χ0n) is 12.9. The first-order valence-electron chi connectivity index (χ1n) is 8.38. The maximum absolute atomic E-state index is 4.96. The minimum atomic E-state index is -0.615. The normalized spacial score (nSPS) is 33.0. The topological polar surface area (TPSA) is 63.6 Å². The van der Waals surface area contributed by atoms with E-state index >= 15 is 0 Å². The Hall–Kier alpha value is -3.42. The summed E-state index contributed by atoms with van der Waals surface area (Å²) < 4.78 is 6.65. The highest BCUT2D eigenvalue weighted by atomic mass is 15.7. The van der Waals surface area contributed by atoms with Crippen molar-refractivity contribution >= 4 is 23.3 Å². The number of hydrogen-bond acceptors (Lipinski definition) is 5. The molecule has 2 atom stereocenters. The maximum atomic E-state index is 4.96. The number of aromatic nitrogens is 1. The monoisotopic (exact) mass is 326 g/mol. The van der Waals surface area contributed by atoms with Crippen molar-refractivity contribution in [3.8, 4) is 0 Å². The minimum Gasteiger partial charge on any atom is -0.219 e. The van der Waals surface area contributed by atoms with E-state index in [-0.39, 0.29) is 6.17 Å². The highest BCUT2D eigenvalue weighted by Gasteiger charge is 2.70. The highest BCUT2D eigenvalue weighted by Crippen LogP contribution is 2.45. The van der Waals surface area contributed by atoms with Crippen molar-refractivity contribution in [3.63, 3.8) is 0 Å². The van der Waals surface area contributed by atoms with Crippen molar-refractivity contribution < 1.29 is 9.15 Å². The van der Waals surface area contributed by atoms with Gasteiger partial charge in [-0.1, -0.05) is 15.0 Å². The van der Waals surface area contributed by atoms with Gasteiger partial charge in [0.1, 0.15) is 0 Å². The van der Waals surface area contributed by atoms with Gasteiger partial charge in [0.2, 0.25) is 16.8 Å². The Bertz CT molecular complexity index is 1310. The Morgan fingerprint density at radius 1 is 0.920 bits per heavy atom. The van der Waals surface area contributed by atoms with Gasteiger partial charge in [-0.15, -0.1) is 14.1 Å². The number of nitrogens with zero attached hydrogens (tertiary/aromatic N) is 8. The summed E-state index contributed by atoms with van der Waals surface area (Å²) in [5.41, 5.74) is 1.82. The molecule has 8 rings (SSSR count). The summed E-state index contributed by atoms with van der Waals surface area (Å²) in [6, 6.07) is 4.09. The Labute approximate surface area is 140 Å². The molecule has 1 spiro atoms. The van der Waals surface area contributed by atoms with Crippen LogP contribution in [0.3, 0.4) is 0 Å². The molecule has 116 valence electrons. The molecular formula is C17H10N8+2. The van der Waals surface area contributed by atoms with E-state index in [4.69, 9.17) is 20.0 Å². The van der Waals surface area contributed by atoms with Gasteiger partial charge < -0.3 is 0 Å². The van der Waals surface area contributed by atoms with Crippen LogP contribution < -0.4 is 11.0 Å². The van der Waals surface area contributed by atoms with E-state index in [2.05, 4.69) is 36.8 Å². The molecule has 0 fully saturated rings. The highest BCUT2D eigenvalue weighted by molar-refractivity contribution is 6.08. The fourth-order valence-electron chi connectivity index (χ4n) is 4.96. The molecule has 1 unspecified atom stereocenters. The summed E-state index contributed by atoms with van der Waals surface area (Å²) in [7, 11) is 0. The lowest BCUT2D eigenvalue weighted by Gasteiger charge is -2.47. The van der Waals surface area contributed by atoms with E-state index in [0.717, 1.165) is 46.6 Å². The largest absolute Gasteiger partial charge is 0.400 e. The molecule has 8 heteroatoms. The van der Waals surface area contributed by atoms with Crippen molar-refractivity contribution in [1.29, 1.82) is 0 Å². The molecule has 8 heterocycles. The van der Waals surface area contributed by atoms with Crippen LogP contribution in [-0.4, -0.2) is 48.1 Å². The summed E-state index contributed by atoms with van der Waals surface area (Å²) >= 11 is 0.